The number of nitrogens with two attached hydrogens (primary N) is 1. The Hall–Kier alpha value is -1.64. The number of aryl methyl sites for hydroxylation is 1. The average Bonchev–Trinajstić information content (AvgIpc) is 3.30. The Morgan fingerprint density at radius 2 is 1.65 bits per heavy atom. The molecule has 1 saturated carbocycles. The van der Waals surface area contributed by atoms with Gasteiger partial charge in [-0.2, -0.15) is 0 Å². The van der Waals surface area contributed by atoms with Crippen LogP contribution in [0.4, 0.5) is 0 Å². The van der Waals surface area contributed by atoms with Gasteiger partial charge in [-0.05, 0) is 42.2 Å². The summed E-state index contributed by atoms with van der Waals surface area (Å²) in [5.74, 6) is 7.14. The maximum atomic E-state index is 5.77. The van der Waals surface area contributed by atoms with Crippen molar-refractivity contribution in [3.63, 3.8) is 0 Å². The standard InChI is InChI=1S/C18H22N2/c19-20-18(12-11-14-7-3-1-4-8-14)17-13-16(17)15-9-5-2-6-10-15/h1-10,16-18,20H,11-13,19H2. The molecule has 0 saturated heterocycles. The zero-order valence-corrected chi connectivity index (χ0v) is 11.7. The van der Waals surface area contributed by atoms with Crippen LogP contribution in [0, 0.1) is 5.92 Å². The van der Waals surface area contributed by atoms with Crippen molar-refractivity contribution in [1.29, 1.82) is 0 Å². The zero-order valence-electron chi connectivity index (χ0n) is 11.7. The first kappa shape index (κ1) is 13.3. The van der Waals surface area contributed by atoms with Gasteiger partial charge >= 0.3 is 0 Å². The van der Waals surface area contributed by atoms with Crippen molar-refractivity contribution in [2.24, 2.45) is 11.8 Å². The van der Waals surface area contributed by atoms with Crippen molar-refractivity contribution in [2.75, 3.05) is 0 Å². The second kappa shape index (κ2) is 6.21. The molecule has 1 aliphatic carbocycles. The Morgan fingerprint density at radius 1 is 1.00 bits per heavy atom. The van der Waals surface area contributed by atoms with Gasteiger partial charge in [-0.25, -0.2) is 0 Å². The molecule has 3 unspecified atom stereocenters. The molecule has 2 nitrogen and oxygen atoms in total. The van der Waals surface area contributed by atoms with E-state index >= 15 is 0 Å². The number of nitrogens with one attached hydrogen (secondary N) is 1. The second-order valence-corrected chi connectivity index (χ2v) is 5.71. The highest BCUT2D eigenvalue weighted by Crippen LogP contribution is 2.50. The largest absolute Gasteiger partial charge is 0.271 e. The maximum absolute atomic E-state index is 5.77. The van der Waals surface area contributed by atoms with Crippen molar-refractivity contribution in [3.05, 3.63) is 71.8 Å². The van der Waals surface area contributed by atoms with E-state index in [2.05, 4.69) is 66.1 Å². The number of hydrogen-bond acceptors (Lipinski definition) is 2. The van der Waals surface area contributed by atoms with Gasteiger partial charge in [0.2, 0.25) is 0 Å². The molecule has 1 aliphatic rings. The van der Waals surface area contributed by atoms with Crippen molar-refractivity contribution >= 4 is 0 Å². The van der Waals surface area contributed by atoms with E-state index in [9.17, 15) is 0 Å². The van der Waals surface area contributed by atoms with Crippen LogP contribution in [-0.2, 0) is 6.42 Å². The van der Waals surface area contributed by atoms with Crippen molar-refractivity contribution in [2.45, 2.75) is 31.2 Å². The first-order valence-corrected chi connectivity index (χ1v) is 7.43. The molecule has 2 aromatic rings. The molecule has 0 radical (unpaired) electrons. The van der Waals surface area contributed by atoms with Crippen molar-refractivity contribution in [1.82, 2.24) is 5.43 Å². The molecule has 3 rings (SSSR count). The number of rotatable bonds is 6. The molecule has 1 fully saturated rings. The highest BCUT2D eigenvalue weighted by Gasteiger charge is 2.42. The van der Waals surface area contributed by atoms with Crippen LogP contribution in [0.15, 0.2) is 60.7 Å². The molecule has 104 valence electrons. The van der Waals surface area contributed by atoms with E-state index in [-0.39, 0.29) is 0 Å². The first-order valence-electron chi connectivity index (χ1n) is 7.43. The summed E-state index contributed by atoms with van der Waals surface area (Å²) in [6, 6.07) is 21.9. The predicted molar refractivity (Wildman–Crippen MR) is 83.2 cm³/mol. The monoisotopic (exact) mass is 266 g/mol. The van der Waals surface area contributed by atoms with E-state index in [0.717, 1.165) is 12.8 Å². The quantitative estimate of drug-likeness (QED) is 0.622. The Bertz CT molecular complexity index is 524. The summed E-state index contributed by atoms with van der Waals surface area (Å²) < 4.78 is 0. The van der Waals surface area contributed by atoms with Crippen LogP contribution in [0.5, 0.6) is 0 Å². The Balaban J connectivity index is 1.56. The molecule has 3 N–H and O–H groups in total. The smallest absolute Gasteiger partial charge is 0.0248 e. The molecule has 20 heavy (non-hydrogen) atoms. The lowest BCUT2D eigenvalue weighted by molar-refractivity contribution is 0.439. The molecule has 3 atom stereocenters. The fourth-order valence-corrected chi connectivity index (χ4v) is 3.13. The summed E-state index contributed by atoms with van der Waals surface area (Å²) in [5.41, 5.74) is 5.88. The molecule has 0 aromatic heterocycles. The minimum Gasteiger partial charge on any atom is -0.271 e. The van der Waals surface area contributed by atoms with Gasteiger partial charge in [0, 0.05) is 6.04 Å². The van der Waals surface area contributed by atoms with E-state index < -0.39 is 0 Å². The van der Waals surface area contributed by atoms with Gasteiger partial charge in [0.15, 0.2) is 0 Å². The maximum Gasteiger partial charge on any atom is 0.0248 e. The van der Waals surface area contributed by atoms with Gasteiger partial charge in [-0.3, -0.25) is 11.3 Å². The third-order valence-corrected chi connectivity index (χ3v) is 4.39. The van der Waals surface area contributed by atoms with Gasteiger partial charge in [0.25, 0.3) is 0 Å². The molecule has 0 spiro atoms. The van der Waals surface area contributed by atoms with E-state index in [1.807, 2.05) is 0 Å². The van der Waals surface area contributed by atoms with Gasteiger partial charge in [0.1, 0.15) is 0 Å². The van der Waals surface area contributed by atoms with Crippen LogP contribution < -0.4 is 11.3 Å². The highest BCUT2D eigenvalue weighted by atomic mass is 15.2. The lowest BCUT2D eigenvalue weighted by atomic mass is 9.99. The van der Waals surface area contributed by atoms with E-state index in [1.165, 1.54) is 17.5 Å². The Kier molecular flexibility index (Phi) is 4.14. The SMILES string of the molecule is NNC(CCc1ccccc1)C1CC1c1ccccc1. The zero-order chi connectivity index (χ0) is 13.8. The topological polar surface area (TPSA) is 38.0 Å². The summed E-state index contributed by atoms with van der Waals surface area (Å²) in [6.07, 6.45) is 3.45. The first-order chi connectivity index (χ1) is 9.88. The van der Waals surface area contributed by atoms with Gasteiger partial charge < -0.3 is 0 Å². The van der Waals surface area contributed by atoms with Crippen LogP contribution >= 0.6 is 0 Å². The number of hydrazine groups is 1. The summed E-state index contributed by atoms with van der Waals surface area (Å²) in [7, 11) is 0. The van der Waals surface area contributed by atoms with Gasteiger partial charge in [-0.1, -0.05) is 60.7 Å². The molecule has 0 amide bonds. The summed E-state index contributed by atoms with van der Waals surface area (Å²) in [5, 5.41) is 0. The van der Waals surface area contributed by atoms with E-state index in [4.69, 9.17) is 5.84 Å². The normalized spacial score (nSPS) is 22.4. The van der Waals surface area contributed by atoms with Gasteiger partial charge in [0.05, 0.1) is 0 Å². The van der Waals surface area contributed by atoms with E-state index in [1.54, 1.807) is 0 Å². The van der Waals surface area contributed by atoms with Crippen LogP contribution in [0.25, 0.3) is 0 Å². The van der Waals surface area contributed by atoms with Crippen LogP contribution in [0.3, 0.4) is 0 Å². The van der Waals surface area contributed by atoms with Gasteiger partial charge in [-0.15, -0.1) is 0 Å². The summed E-state index contributed by atoms with van der Waals surface area (Å²) in [6.45, 7) is 0. The molecule has 0 aliphatic heterocycles. The minimum atomic E-state index is 0.417. The minimum absolute atomic E-state index is 0.417. The van der Waals surface area contributed by atoms with Crippen molar-refractivity contribution < 1.29 is 0 Å². The second-order valence-electron chi connectivity index (χ2n) is 5.71. The molecular formula is C18H22N2. The predicted octanol–water partition coefficient (Wildman–Crippen LogP) is 3.25. The lowest BCUT2D eigenvalue weighted by Crippen LogP contribution is -2.37. The number of hydrogen-bond donors (Lipinski definition) is 2. The molecule has 2 heteroatoms. The molecule has 2 aromatic carbocycles. The summed E-state index contributed by atoms with van der Waals surface area (Å²) in [4.78, 5) is 0. The third kappa shape index (κ3) is 3.09. The fourth-order valence-electron chi connectivity index (χ4n) is 3.13. The average molecular weight is 266 g/mol. The van der Waals surface area contributed by atoms with Crippen LogP contribution in [0.1, 0.15) is 29.9 Å². The van der Waals surface area contributed by atoms with Crippen molar-refractivity contribution in [3.8, 4) is 0 Å². The molecule has 0 heterocycles. The van der Waals surface area contributed by atoms with E-state index in [0.29, 0.717) is 17.9 Å². The van der Waals surface area contributed by atoms with Crippen LogP contribution in [0.2, 0.25) is 0 Å². The highest BCUT2D eigenvalue weighted by molar-refractivity contribution is 5.26. The molecule has 0 bridgehead atoms. The number of benzene rings is 2. The molecular weight excluding hydrogens is 244 g/mol. The summed E-state index contributed by atoms with van der Waals surface area (Å²) >= 11 is 0. The Morgan fingerprint density at radius 3 is 2.30 bits per heavy atom. The third-order valence-electron chi connectivity index (χ3n) is 4.39. The Labute approximate surface area is 121 Å². The lowest BCUT2D eigenvalue weighted by Gasteiger charge is -2.16. The van der Waals surface area contributed by atoms with Crippen LogP contribution in [-0.4, -0.2) is 6.04 Å². The fraction of sp³-hybridized carbons (Fsp3) is 0.333.